The van der Waals surface area contributed by atoms with Crippen LogP contribution in [-0.2, 0) is 14.8 Å². The Morgan fingerprint density at radius 2 is 2.00 bits per heavy atom. The Hall–Kier alpha value is -2.53. The van der Waals surface area contributed by atoms with Crippen molar-refractivity contribution in [2.45, 2.75) is 30.8 Å². The summed E-state index contributed by atoms with van der Waals surface area (Å²) >= 11 is 0. The molecule has 11 heteroatoms. The summed E-state index contributed by atoms with van der Waals surface area (Å²) in [7, 11) is -4.21. The molecule has 1 heterocycles. The second kappa shape index (κ2) is 6.93. The zero-order valence-corrected chi connectivity index (χ0v) is 13.5. The highest BCUT2D eigenvalue weighted by Gasteiger charge is 2.29. The molecule has 1 N–H and O–H groups in total. The van der Waals surface area contributed by atoms with Crippen LogP contribution in [0.1, 0.15) is 19.8 Å². The molecule has 0 aliphatic carbocycles. The molecule has 0 amide bonds. The molecule has 2 rings (SSSR count). The number of nitro benzene ring substituents is 2. The van der Waals surface area contributed by atoms with E-state index >= 15 is 0 Å². The number of hydrogen-bond acceptors (Lipinski definition) is 7. The number of sulfonamides is 1. The molecule has 24 heavy (non-hydrogen) atoms. The van der Waals surface area contributed by atoms with E-state index in [1.807, 2.05) is 6.92 Å². The lowest BCUT2D eigenvalue weighted by atomic mass is 10.1. The summed E-state index contributed by atoms with van der Waals surface area (Å²) in [5, 5.41) is 21.7. The lowest BCUT2D eigenvalue weighted by Crippen LogP contribution is -2.32. The van der Waals surface area contributed by atoms with Gasteiger partial charge in [0.1, 0.15) is 6.10 Å². The largest absolute Gasteiger partial charge is 0.496 e. The smallest absolute Gasteiger partial charge is 0.296 e. The van der Waals surface area contributed by atoms with E-state index in [-0.39, 0.29) is 12.6 Å². The number of rotatable bonds is 7. The first-order chi connectivity index (χ1) is 11.2. The van der Waals surface area contributed by atoms with Crippen LogP contribution >= 0.6 is 0 Å². The van der Waals surface area contributed by atoms with Crippen LogP contribution in [0.2, 0.25) is 0 Å². The van der Waals surface area contributed by atoms with Crippen LogP contribution in [0.25, 0.3) is 0 Å². The van der Waals surface area contributed by atoms with E-state index in [9.17, 15) is 28.6 Å². The van der Waals surface area contributed by atoms with Crippen LogP contribution in [-0.4, -0.2) is 30.9 Å². The van der Waals surface area contributed by atoms with Crippen molar-refractivity contribution in [3.63, 3.8) is 0 Å². The van der Waals surface area contributed by atoms with Gasteiger partial charge in [0.15, 0.2) is 4.90 Å². The summed E-state index contributed by atoms with van der Waals surface area (Å²) in [4.78, 5) is 19.3. The van der Waals surface area contributed by atoms with Gasteiger partial charge in [0, 0.05) is 19.0 Å². The Kier molecular flexibility index (Phi) is 5.14. The van der Waals surface area contributed by atoms with E-state index in [1.165, 1.54) is 0 Å². The molecular formula is C13H15N3O7S. The van der Waals surface area contributed by atoms with Crippen molar-refractivity contribution in [2.75, 3.05) is 6.54 Å². The maximum atomic E-state index is 12.3. The summed E-state index contributed by atoms with van der Waals surface area (Å²) in [6, 6.07) is 2.38. The zero-order valence-electron chi connectivity index (χ0n) is 12.7. The molecule has 1 aromatic rings. The molecule has 0 aromatic heterocycles. The Labute approximate surface area is 137 Å². The minimum absolute atomic E-state index is 0.0591. The maximum Gasteiger partial charge on any atom is 0.296 e. The molecule has 0 saturated heterocycles. The van der Waals surface area contributed by atoms with Crippen LogP contribution < -0.4 is 4.72 Å². The van der Waals surface area contributed by atoms with Gasteiger partial charge >= 0.3 is 0 Å². The lowest BCUT2D eigenvalue weighted by Gasteiger charge is -2.12. The number of nitro groups is 2. The van der Waals surface area contributed by atoms with Gasteiger partial charge in [-0.3, -0.25) is 20.2 Å². The molecule has 1 aromatic carbocycles. The first-order valence-electron chi connectivity index (χ1n) is 7.00. The molecule has 0 unspecified atom stereocenters. The Morgan fingerprint density at radius 3 is 2.54 bits per heavy atom. The fourth-order valence-corrected chi connectivity index (χ4v) is 3.42. The predicted octanol–water partition coefficient (Wildman–Crippen LogP) is 1.86. The third-order valence-corrected chi connectivity index (χ3v) is 4.98. The van der Waals surface area contributed by atoms with Crippen molar-refractivity contribution in [2.24, 2.45) is 0 Å². The molecular weight excluding hydrogens is 342 g/mol. The first kappa shape index (κ1) is 17.8. The van der Waals surface area contributed by atoms with Crippen molar-refractivity contribution < 1.29 is 23.0 Å². The second-order valence-corrected chi connectivity index (χ2v) is 6.85. The van der Waals surface area contributed by atoms with Crippen LogP contribution in [0, 0.1) is 20.2 Å². The number of benzene rings is 1. The van der Waals surface area contributed by atoms with E-state index in [2.05, 4.69) is 4.72 Å². The van der Waals surface area contributed by atoms with Gasteiger partial charge in [0.25, 0.3) is 11.4 Å². The Morgan fingerprint density at radius 1 is 1.29 bits per heavy atom. The highest BCUT2D eigenvalue weighted by atomic mass is 32.2. The second-order valence-electron chi connectivity index (χ2n) is 5.11. The van der Waals surface area contributed by atoms with Gasteiger partial charge in [-0.15, -0.1) is 0 Å². The van der Waals surface area contributed by atoms with E-state index in [1.54, 1.807) is 6.26 Å². The summed E-state index contributed by atoms with van der Waals surface area (Å²) in [5.41, 5.74) is -0.367. The van der Waals surface area contributed by atoms with Gasteiger partial charge in [0.2, 0.25) is 10.0 Å². The minimum Gasteiger partial charge on any atom is -0.496 e. The van der Waals surface area contributed by atoms with Crippen LogP contribution in [0.4, 0.5) is 11.4 Å². The molecule has 0 fully saturated rings. The fraction of sp³-hybridized carbons (Fsp3) is 0.385. The summed E-state index contributed by atoms with van der Waals surface area (Å²) in [5.74, 6) is 0. The number of non-ortho nitro benzene ring substituents is 1. The first-order valence-corrected chi connectivity index (χ1v) is 8.48. The maximum absolute atomic E-state index is 12.3. The van der Waals surface area contributed by atoms with Gasteiger partial charge in [-0.2, -0.15) is 0 Å². The zero-order chi connectivity index (χ0) is 17.9. The van der Waals surface area contributed by atoms with Gasteiger partial charge in [-0.05, 0) is 18.1 Å². The molecule has 0 spiro atoms. The topological polar surface area (TPSA) is 142 Å². The van der Waals surface area contributed by atoms with Crippen molar-refractivity contribution >= 4 is 21.4 Å². The van der Waals surface area contributed by atoms with Crippen LogP contribution in [0.15, 0.2) is 34.9 Å². The van der Waals surface area contributed by atoms with E-state index in [4.69, 9.17) is 4.74 Å². The molecule has 0 bridgehead atoms. The van der Waals surface area contributed by atoms with E-state index in [0.29, 0.717) is 12.5 Å². The standard InChI is InChI=1S/C13H15N3O7S/c1-2-9-5-11(23-8-9)7-14-24(21,22)13-4-3-10(15(17)18)6-12(13)16(19)20/h3-4,6,8,11,14H,2,5,7H2,1H3/t11-/m0/s1. The third-order valence-electron chi connectivity index (χ3n) is 3.51. The van der Waals surface area contributed by atoms with E-state index in [0.717, 1.165) is 24.1 Å². The fourth-order valence-electron chi connectivity index (χ4n) is 2.20. The highest BCUT2D eigenvalue weighted by Crippen LogP contribution is 2.28. The molecule has 0 radical (unpaired) electrons. The van der Waals surface area contributed by atoms with Crippen molar-refractivity contribution in [1.82, 2.24) is 4.72 Å². The molecule has 1 aliphatic rings. The number of hydrogen-bond donors (Lipinski definition) is 1. The monoisotopic (exact) mass is 357 g/mol. The molecule has 1 aliphatic heterocycles. The van der Waals surface area contributed by atoms with Crippen LogP contribution in [0.5, 0.6) is 0 Å². The summed E-state index contributed by atoms with van der Waals surface area (Å²) < 4.78 is 32.1. The van der Waals surface area contributed by atoms with Gasteiger partial charge in [0.05, 0.1) is 22.2 Å². The van der Waals surface area contributed by atoms with Crippen molar-refractivity contribution in [1.29, 1.82) is 0 Å². The molecule has 10 nitrogen and oxygen atoms in total. The highest BCUT2D eigenvalue weighted by molar-refractivity contribution is 7.89. The third kappa shape index (κ3) is 3.86. The average molecular weight is 357 g/mol. The average Bonchev–Trinajstić information content (AvgIpc) is 3.00. The summed E-state index contributed by atoms with van der Waals surface area (Å²) in [6.45, 7) is 1.89. The SMILES string of the molecule is CCC1=CO[C@H](CNS(=O)(=O)c2ccc([N+](=O)[O-])cc2[N+](=O)[O-])C1. The number of nitrogens with zero attached hydrogens (tertiary/aromatic N) is 2. The Balaban J connectivity index is 2.20. The number of ether oxygens (including phenoxy) is 1. The molecule has 1 atom stereocenters. The summed E-state index contributed by atoms with van der Waals surface area (Å²) in [6.07, 6.45) is 2.55. The lowest BCUT2D eigenvalue weighted by molar-refractivity contribution is -0.396. The van der Waals surface area contributed by atoms with Gasteiger partial charge in [-0.1, -0.05) is 6.92 Å². The van der Waals surface area contributed by atoms with Crippen molar-refractivity contribution in [3.8, 4) is 0 Å². The van der Waals surface area contributed by atoms with E-state index < -0.39 is 36.1 Å². The number of nitrogens with one attached hydrogen (secondary N) is 1. The van der Waals surface area contributed by atoms with Crippen molar-refractivity contribution in [3.05, 3.63) is 50.3 Å². The van der Waals surface area contributed by atoms with Gasteiger partial charge < -0.3 is 4.74 Å². The molecule has 0 saturated carbocycles. The minimum atomic E-state index is -4.21. The normalized spacial score (nSPS) is 17.2. The molecule has 130 valence electrons. The van der Waals surface area contributed by atoms with Crippen LogP contribution in [0.3, 0.4) is 0 Å². The predicted molar refractivity (Wildman–Crippen MR) is 82.8 cm³/mol. The van der Waals surface area contributed by atoms with Gasteiger partial charge in [-0.25, -0.2) is 13.1 Å². The quantitative estimate of drug-likeness (QED) is 0.579. The Bertz CT molecular complexity index is 804.